The highest BCUT2D eigenvalue weighted by atomic mass is 35.5. The van der Waals surface area contributed by atoms with Crippen molar-refractivity contribution in [2.24, 2.45) is 0 Å². The largest absolute Gasteiger partial charge is 0.493 e. The second-order valence-electron chi connectivity index (χ2n) is 6.81. The molecule has 29 heavy (non-hydrogen) atoms. The number of piperidine rings is 1. The Morgan fingerprint density at radius 2 is 1.83 bits per heavy atom. The van der Waals surface area contributed by atoms with E-state index in [0.29, 0.717) is 11.5 Å². The van der Waals surface area contributed by atoms with E-state index in [0.717, 1.165) is 54.0 Å². The first-order valence-electron chi connectivity index (χ1n) is 9.52. The van der Waals surface area contributed by atoms with Crippen molar-refractivity contribution in [1.29, 1.82) is 0 Å². The van der Waals surface area contributed by atoms with Crippen LogP contribution in [0.25, 0.3) is 10.8 Å². The number of nitrogens with zero attached hydrogens (tertiary/aromatic N) is 1. The van der Waals surface area contributed by atoms with E-state index in [4.69, 9.17) is 14.2 Å². The first-order valence-corrected chi connectivity index (χ1v) is 9.52. The molecule has 1 aromatic heterocycles. The number of aromatic nitrogens is 1. The molecule has 2 heterocycles. The molecule has 2 aromatic carbocycles. The highest BCUT2D eigenvalue weighted by Crippen LogP contribution is 2.36. The lowest BCUT2D eigenvalue weighted by atomic mass is 10.1. The zero-order valence-electron chi connectivity index (χ0n) is 16.6. The van der Waals surface area contributed by atoms with E-state index in [1.54, 1.807) is 14.2 Å². The molecule has 1 aliphatic rings. The maximum Gasteiger partial charge on any atom is 0.184 e. The summed E-state index contributed by atoms with van der Waals surface area (Å²) in [5, 5.41) is 8.83. The first-order chi connectivity index (χ1) is 13.8. The minimum Gasteiger partial charge on any atom is -0.493 e. The van der Waals surface area contributed by atoms with Crippen LogP contribution in [0.3, 0.4) is 0 Å². The molecule has 1 saturated heterocycles. The highest BCUT2D eigenvalue weighted by Gasteiger charge is 2.15. The Morgan fingerprint density at radius 1 is 1.00 bits per heavy atom. The van der Waals surface area contributed by atoms with E-state index in [1.165, 1.54) is 0 Å². The van der Waals surface area contributed by atoms with Gasteiger partial charge < -0.3 is 24.8 Å². The average molecular weight is 416 g/mol. The summed E-state index contributed by atoms with van der Waals surface area (Å²) in [5.41, 5.74) is 0.802. The summed E-state index contributed by atoms with van der Waals surface area (Å²) in [5.74, 6) is 2.95. The van der Waals surface area contributed by atoms with Crippen molar-refractivity contribution in [3.8, 4) is 17.2 Å². The molecule has 0 unspecified atom stereocenters. The minimum atomic E-state index is 0. The van der Waals surface area contributed by atoms with Crippen LogP contribution in [0.15, 0.2) is 48.7 Å². The molecule has 3 aromatic rings. The molecular formula is C22H26ClN3O3. The van der Waals surface area contributed by atoms with Gasteiger partial charge in [-0.2, -0.15) is 0 Å². The summed E-state index contributed by atoms with van der Waals surface area (Å²) in [6, 6.07) is 13.9. The van der Waals surface area contributed by atoms with Crippen LogP contribution in [0.2, 0.25) is 0 Å². The Hall–Kier alpha value is -2.70. The topological polar surface area (TPSA) is 64.6 Å². The van der Waals surface area contributed by atoms with E-state index < -0.39 is 0 Å². The molecule has 0 bridgehead atoms. The quantitative estimate of drug-likeness (QED) is 0.615. The number of halogens is 1. The summed E-state index contributed by atoms with van der Waals surface area (Å²) in [6.07, 6.45) is 4.21. The van der Waals surface area contributed by atoms with Gasteiger partial charge in [0.05, 0.1) is 19.9 Å². The first kappa shape index (κ1) is 21.0. The maximum atomic E-state index is 6.17. The van der Waals surface area contributed by atoms with Gasteiger partial charge in [0.2, 0.25) is 0 Å². The highest BCUT2D eigenvalue weighted by molar-refractivity contribution is 5.86. The van der Waals surface area contributed by atoms with E-state index in [-0.39, 0.29) is 18.5 Å². The van der Waals surface area contributed by atoms with Crippen LogP contribution >= 0.6 is 12.4 Å². The molecule has 1 fully saturated rings. The SMILES string of the molecule is COc1cccc(Nc2cc3cc(OC4CCNCC4)ccc3cn2)c1OC.Cl. The summed E-state index contributed by atoms with van der Waals surface area (Å²) < 4.78 is 17.0. The van der Waals surface area contributed by atoms with Gasteiger partial charge in [-0.1, -0.05) is 6.07 Å². The number of ether oxygens (including phenoxy) is 3. The molecule has 4 rings (SSSR count). The summed E-state index contributed by atoms with van der Waals surface area (Å²) in [6.45, 7) is 2.03. The monoisotopic (exact) mass is 415 g/mol. The van der Waals surface area contributed by atoms with E-state index in [2.05, 4.69) is 27.8 Å². The lowest BCUT2D eigenvalue weighted by Gasteiger charge is -2.24. The van der Waals surface area contributed by atoms with Crippen LogP contribution < -0.4 is 24.8 Å². The van der Waals surface area contributed by atoms with Crippen molar-refractivity contribution in [3.05, 3.63) is 48.7 Å². The number of benzene rings is 2. The number of nitrogens with one attached hydrogen (secondary N) is 2. The van der Waals surface area contributed by atoms with Gasteiger partial charge in [0.15, 0.2) is 11.5 Å². The lowest BCUT2D eigenvalue weighted by molar-refractivity contribution is 0.162. The van der Waals surface area contributed by atoms with Gasteiger partial charge in [0.1, 0.15) is 17.7 Å². The summed E-state index contributed by atoms with van der Waals surface area (Å²) >= 11 is 0. The summed E-state index contributed by atoms with van der Waals surface area (Å²) in [4.78, 5) is 4.52. The molecule has 1 aliphatic heterocycles. The van der Waals surface area contributed by atoms with Crippen LogP contribution in [0, 0.1) is 0 Å². The zero-order valence-corrected chi connectivity index (χ0v) is 17.4. The third-order valence-electron chi connectivity index (χ3n) is 4.95. The smallest absolute Gasteiger partial charge is 0.184 e. The number of hydrogen-bond donors (Lipinski definition) is 2. The van der Waals surface area contributed by atoms with Gasteiger partial charge in [0.25, 0.3) is 0 Å². The molecule has 2 N–H and O–H groups in total. The normalized spacial score (nSPS) is 14.1. The standard InChI is InChI=1S/C22H25N3O3.ClH/c1-26-20-5-3-4-19(22(20)27-2)25-21-13-16-12-18(7-6-15(16)14-24-21)28-17-8-10-23-11-9-17;/h3-7,12-14,17,23H,8-11H2,1-2H3,(H,24,25);1H. The Balaban J connectivity index is 0.00000240. The van der Waals surface area contributed by atoms with Gasteiger partial charge in [-0.25, -0.2) is 4.98 Å². The van der Waals surface area contributed by atoms with E-state index in [9.17, 15) is 0 Å². The number of rotatable bonds is 6. The molecule has 0 saturated carbocycles. The number of hydrogen-bond acceptors (Lipinski definition) is 6. The van der Waals surface area contributed by atoms with Crippen molar-refractivity contribution in [3.63, 3.8) is 0 Å². The Morgan fingerprint density at radius 3 is 2.59 bits per heavy atom. The predicted molar refractivity (Wildman–Crippen MR) is 118 cm³/mol. The maximum absolute atomic E-state index is 6.17. The number of pyridine rings is 1. The van der Waals surface area contributed by atoms with Gasteiger partial charge in [-0.15, -0.1) is 12.4 Å². The van der Waals surface area contributed by atoms with Crippen molar-refractivity contribution < 1.29 is 14.2 Å². The van der Waals surface area contributed by atoms with E-state index >= 15 is 0 Å². The number of methoxy groups -OCH3 is 2. The predicted octanol–water partition coefficient (Wildman–Crippen LogP) is 4.55. The fourth-order valence-corrected chi connectivity index (χ4v) is 3.49. The molecule has 6 nitrogen and oxygen atoms in total. The Labute approximate surface area is 177 Å². The van der Waals surface area contributed by atoms with E-state index in [1.807, 2.05) is 36.5 Å². The third kappa shape index (κ3) is 4.83. The van der Waals surface area contributed by atoms with Gasteiger partial charge in [0, 0.05) is 11.6 Å². The van der Waals surface area contributed by atoms with Gasteiger partial charge >= 0.3 is 0 Å². The second-order valence-corrected chi connectivity index (χ2v) is 6.81. The number of anilines is 2. The lowest BCUT2D eigenvalue weighted by Crippen LogP contribution is -2.34. The van der Waals surface area contributed by atoms with Crippen LogP contribution in [0.4, 0.5) is 11.5 Å². The van der Waals surface area contributed by atoms with Crippen molar-refractivity contribution in [2.45, 2.75) is 18.9 Å². The van der Waals surface area contributed by atoms with Gasteiger partial charge in [-0.3, -0.25) is 0 Å². The molecular weight excluding hydrogens is 390 g/mol. The Kier molecular flexibility index (Phi) is 7.01. The molecule has 0 atom stereocenters. The van der Waals surface area contributed by atoms with Crippen molar-refractivity contribution in [1.82, 2.24) is 10.3 Å². The second kappa shape index (κ2) is 9.67. The number of fused-ring (bicyclic) bond motifs is 1. The van der Waals surface area contributed by atoms with Crippen LogP contribution in [0.1, 0.15) is 12.8 Å². The molecule has 0 spiro atoms. The molecule has 154 valence electrons. The number of para-hydroxylation sites is 1. The minimum absolute atomic E-state index is 0. The fraction of sp³-hybridized carbons (Fsp3) is 0.318. The zero-order chi connectivity index (χ0) is 19.3. The average Bonchev–Trinajstić information content (AvgIpc) is 2.74. The fourth-order valence-electron chi connectivity index (χ4n) is 3.49. The summed E-state index contributed by atoms with van der Waals surface area (Å²) in [7, 11) is 3.25. The third-order valence-corrected chi connectivity index (χ3v) is 4.95. The molecule has 7 heteroatoms. The Bertz CT molecular complexity index is 961. The van der Waals surface area contributed by atoms with Crippen molar-refractivity contribution in [2.75, 3.05) is 32.6 Å². The molecule has 0 amide bonds. The van der Waals surface area contributed by atoms with Crippen LogP contribution in [0.5, 0.6) is 17.2 Å². The van der Waals surface area contributed by atoms with Crippen LogP contribution in [-0.2, 0) is 0 Å². The molecule has 0 aliphatic carbocycles. The van der Waals surface area contributed by atoms with Crippen LogP contribution in [-0.4, -0.2) is 38.4 Å². The van der Waals surface area contributed by atoms with Gasteiger partial charge in [-0.05, 0) is 67.7 Å². The molecule has 0 radical (unpaired) electrons. The van der Waals surface area contributed by atoms with Crippen molar-refractivity contribution >= 4 is 34.7 Å².